The van der Waals surface area contributed by atoms with Crippen molar-refractivity contribution in [1.29, 1.82) is 0 Å². The molecular formula is C30H56N4O8. The van der Waals surface area contributed by atoms with E-state index in [9.17, 15) is 19.2 Å². The van der Waals surface area contributed by atoms with Gasteiger partial charge >= 0.3 is 24.1 Å². The second-order valence-corrected chi connectivity index (χ2v) is 11.4. The minimum atomic E-state index is -0.632. The molecule has 0 spiro atoms. The summed E-state index contributed by atoms with van der Waals surface area (Å²) in [5.41, 5.74) is 12.2. The number of unbranched alkanes of at least 4 members (excludes halogenated alkanes) is 2. The van der Waals surface area contributed by atoms with Crippen molar-refractivity contribution in [1.82, 2.24) is 10.6 Å². The van der Waals surface area contributed by atoms with Crippen LogP contribution < -0.4 is 22.1 Å². The van der Waals surface area contributed by atoms with E-state index >= 15 is 0 Å². The highest BCUT2D eigenvalue weighted by Crippen LogP contribution is 2.33. The molecule has 42 heavy (non-hydrogen) atoms. The number of nitrogens with two attached hydrogens (primary N) is 2. The van der Waals surface area contributed by atoms with Crippen LogP contribution in [0.5, 0.6) is 0 Å². The zero-order valence-corrected chi connectivity index (χ0v) is 26.2. The Balaban J connectivity index is 0.000000437. The lowest BCUT2D eigenvalue weighted by molar-refractivity contribution is -0.148. The van der Waals surface area contributed by atoms with Crippen LogP contribution in [-0.4, -0.2) is 76.7 Å². The van der Waals surface area contributed by atoms with Crippen LogP contribution >= 0.6 is 0 Å². The molecule has 0 saturated heterocycles. The molecule has 2 aliphatic carbocycles. The molecule has 244 valence electrons. The second kappa shape index (κ2) is 22.0. The summed E-state index contributed by atoms with van der Waals surface area (Å²) in [7, 11) is 2.73. The van der Waals surface area contributed by atoms with Crippen molar-refractivity contribution in [3.8, 4) is 0 Å². The minimum absolute atomic E-state index is 0.0207. The van der Waals surface area contributed by atoms with E-state index in [2.05, 4.69) is 20.1 Å². The van der Waals surface area contributed by atoms with Crippen molar-refractivity contribution in [2.45, 2.75) is 103 Å². The fourth-order valence-electron chi connectivity index (χ4n) is 5.37. The molecule has 2 saturated carbocycles. The Morgan fingerprint density at radius 1 is 0.690 bits per heavy atom. The number of alkyl carbamates (subject to hydrolysis) is 2. The summed E-state index contributed by atoms with van der Waals surface area (Å²) in [6, 6.07) is -1.26. The number of methoxy groups -OCH3 is 2. The first kappa shape index (κ1) is 37.4. The summed E-state index contributed by atoms with van der Waals surface area (Å²) in [4.78, 5) is 45.9. The van der Waals surface area contributed by atoms with E-state index in [4.69, 9.17) is 20.9 Å². The van der Waals surface area contributed by atoms with Crippen molar-refractivity contribution in [2.75, 3.05) is 40.5 Å². The van der Waals surface area contributed by atoms with Crippen LogP contribution in [0.1, 0.15) is 90.9 Å². The van der Waals surface area contributed by atoms with E-state index < -0.39 is 12.1 Å². The molecule has 0 aromatic rings. The normalized spacial score (nSPS) is 23.2. The van der Waals surface area contributed by atoms with Crippen molar-refractivity contribution in [2.24, 2.45) is 35.1 Å². The second-order valence-electron chi connectivity index (χ2n) is 11.4. The Bertz CT molecular complexity index is 729. The summed E-state index contributed by atoms with van der Waals surface area (Å²) in [5, 5.41) is 5.45. The summed E-state index contributed by atoms with van der Waals surface area (Å²) in [6.07, 6.45) is 10.5. The lowest BCUT2D eigenvalue weighted by Gasteiger charge is -2.34. The van der Waals surface area contributed by atoms with Gasteiger partial charge in [0.1, 0.15) is 12.1 Å². The largest absolute Gasteiger partial charge is 0.465 e. The molecule has 2 rings (SSSR count). The molecule has 4 unspecified atom stereocenters. The van der Waals surface area contributed by atoms with Crippen molar-refractivity contribution in [3.63, 3.8) is 0 Å². The van der Waals surface area contributed by atoms with Crippen LogP contribution in [0.2, 0.25) is 0 Å². The van der Waals surface area contributed by atoms with E-state index in [1.54, 1.807) is 0 Å². The van der Waals surface area contributed by atoms with Crippen LogP contribution in [-0.2, 0) is 28.5 Å². The smallest absolute Gasteiger partial charge is 0.406 e. The van der Waals surface area contributed by atoms with E-state index in [0.717, 1.165) is 70.6 Å². The molecule has 2 aliphatic rings. The molecule has 12 nitrogen and oxygen atoms in total. The summed E-state index contributed by atoms with van der Waals surface area (Å²) in [6.45, 7) is 6.26. The number of nitrogens with one attached hydrogen (secondary N) is 2. The Hall–Kier alpha value is -2.60. The zero-order valence-electron chi connectivity index (χ0n) is 26.2. The van der Waals surface area contributed by atoms with Crippen molar-refractivity contribution < 1.29 is 38.1 Å². The van der Waals surface area contributed by atoms with Crippen LogP contribution in [0.4, 0.5) is 9.59 Å². The topological polar surface area (TPSA) is 181 Å². The standard InChI is InChI=1S/C18H34N2O4.C12H22N2O4/c1-3-5-10-23-17(21)15(19)13-8-7-9-14(12-13)16(20)18(22)24-11-6-4-2;1-17-11(15)13-7-9-3-5-10(6-4-9)8-14-12(16)18-2/h13-16H,3-12,19-20H2,1-2H3;9-10H,3-8H2,1-2H3,(H,13,15)(H,14,16). The molecule has 0 bridgehead atoms. The van der Waals surface area contributed by atoms with Crippen LogP contribution in [0.25, 0.3) is 0 Å². The Kier molecular flexibility index (Phi) is 19.6. The van der Waals surface area contributed by atoms with Gasteiger partial charge < -0.3 is 41.0 Å². The zero-order chi connectivity index (χ0) is 31.3. The fraction of sp³-hybridized carbons (Fsp3) is 0.867. The number of carbonyl (C=O) groups is 4. The van der Waals surface area contributed by atoms with E-state index in [-0.39, 0.29) is 36.0 Å². The maximum atomic E-state index is 12.0. The number of ether oxygens (including phenoxy) is 4. The van der Waals surface area contributed by atoms with Crippen molar-refractivity contribution >= 4 is 24.1 Å². The van der Waals surface area contributed by atoms with Gasteiger partial charge in [0.15, 0.2) is 0 Å². The summed E-state index contributed by atoms with van der Waals surface area (Å²) >= 11 is 0. The van der Waals surface area contributed by atoms with Gasteiger partial charge in [-0.1, -0.05) is 33.1 Å². The number of rotatable bonds is 14. The van der Waals surface area contributed by atoms with Crippen LogP contribution in [0.3, 0.4) is 0 Å². The third kappa shape index (κ3) is 15.0. The average molecular weight is 601 g/mol. The first-order valence-electron chi connectivity index (χ1n) is 15.6. The van der Waals surface area contributed by atoms with Crippen molar-refractivity contribution in [3.05, 3.63) is 0 Å². The van der Waals surface area contributed by atoms with E-state index in [1.165, 1.54) is 14.2 Å². The molecule has 12 heteroatoms. The Labute approximate surface area is 251 Å². The van der Waals surface area contributed by atoms with Gasteiger partial charge in [0.25, 0.3) is 0 Å². The Morgan fingerprint density at radius 2 is 1.07 bits per heavy atom. The number of hydrogen-bond donors (Lipinski definition) is 4. The van der Waals surface area contributed by atoms with Crippen LogP contribution in [0.15, 0.2) is 0 Å². The number of carbonyl (C=O) groups excluding carboxylic acids is 4. The van der Waals surface area contributed by atoms with Gasteiger partial charge in [0.2, 0.25) is 0 Å². The first-order valence-corrected chi connectivity index (χ1v) is 15.6. The molecule has 0 heterocycles. The maximum absolute atomic E-state index is 12.0. The number of esters is 2. The molecule has 2 amide bonds. The number of amides is 2. The van der Waals surface area contributed by atoms with Gasteiger partial charge in [-0.25, -0.2) is 9.59 Å². The highest BCUT2D eigenvalue weighted by Gasteiger charge is 2.36. The molecule has 0 aromatic heterocycles. The maximum Gasteiger partial charge on any atom is 0.406 e. The van der Waals surface area contributed by atoms with Gasteiger partial charge in [-0.2, -0.15) is 0 Å². The molecule has 0 aromatic carbocycles. The minimum Gasteiger partial charge on any atom is -0.465 e. The predicted octanol–water partition coefficient (Wildman–Crippen LogP) is 3.64. The molecule has 6 N–H and O–H groups in total. The first-order chi connectivity index (χ1) is 20.2. The molecule has 0 aliphatic heterocycles. The van der Waals surface area contributed by atoms with E-state index in [0.29, 0.717) is 44.6 Å². The lowest BCUT2D eigenvalue weighted by atomic mass is 9.75. The van der Waals surface area contributed by atoms with Gasteiger partial charge in [0, 0.05) is 13.1 Å². The van der Waals surface area contributed by atoms with Gasteiger partial charge in [-0.15, -0.1) is 0 Å². The average Bonchev–Trinajstić information content (AvgIpc) is 3.02. The van der Waals surface area contributed by atoms with E-state index in [1.807, 2.05) is 13.8 Å². The van der Waals surface area contributed by atoms with Gasteiger partial charge in [-0.3, -0.25) is 9.59 Å². The highest BCUT2D eigenvalue weighted by atomic mass is 16.5. The van der Waals surface area contributed by atoms with Crippen LogP contribution in [0, 0.1) is 23.7 Å². The molecule has 2 fully saturated rings. The summed E-state index contributed by atoms with van der Waals surface area (Å²) in [5.74, 6) is 0.387. The molecular weight excluding hydrogens is 544 g/mol. The molecule has 4 atom stereocenters. The quantitative estimate of drug-likeness (QED) is 0.130. The lowest BCUT2D eigenvalue weighted by Crippen LogP contribution is -2.46. The fourth-order valence-corrected chi connectivity index (χ4v) is 5.37. The molecule has 0 radical (unpaired) electrons. The Morgan fingerprint density at radius 3 is 1.40 bits per heavy atom. The summed E-state index contributed by atoms with van der Waals surface area (Å²) < 4.78 is 19.5. The predicted molar refractivity (Wildman–Crippen MR) is 159 cm³/mol. The number of hydrogen-bond acceptors (Lipinski definition) is 10. The van der Waals surface area contributed by atoms with Gasteiger partial charge in [-0.05, 0) is 81.5 Å². The highest BCUT2D eigenvalue weighted by molar-refractivity contribution is 5.77. The third-order valence-corrected chi connectivity index (χ3v) is 8.21. The van der Waals surface area contributed by atoms with Gasteiger partial charge in [0.05, 0.1) is 27.4 Å². The monoisotopic (exact) mass is 600 g/mol. The third-order valence-electron chi connectivity index (χ3n) is 8.21. The SMILES string of the molecule is CCCCOC(=O)C(N)C1CCCC(C(N)C(=O)OCCCC)C1.COC(=O)NCC1CCC(CNC(=O)OC)CC1.